The molecule has 0 spiro atoms. The van der Waals surface area contributed by atoms with E-state index in [1.165, 1.54) is 21.4 Å². The molecule has 0 aliphatic carbocycles. The van der Waals surface area contributed by atoms with Crippen LogP contribution in [0, 0.1) is 0 Å². The summed E-state index contributed by atoms with van der Waals surface area (Å²) in [7, 11) is 0. The van der Waals surface area contributed by atoms with Gasteiger partial charge in [0.05, 0.1) is 0 Å². The third-order valence-electron chi connectivity index (χ3n) is 6.96. The number of hydrogen-bond donors (Lipinski definition) is 2. The number of nitrogens with zero attached hydrogens (tertiary/aromatic N) is 3. The smallest absolute Gasteiger partial charge is 0.385 e. The van der Waals surface area contributed by atoms with Crippen LogP contribution in [0.15, 0.2) is 78.9 Å². The first kappa shape index (κ1) is 25.5. The molecule has 2 aliphatic heterocycles. The molecule has 38 heavy (non-hydrogen) atoms. The molecule has 6 rings (SSSR count). The number of nitrogens with one attached hydrogen (secondary N) is 1. The van der Waals surface area contributed by atoms with Crippen LogP contribution in [0.5, 0.6) is 0 Å². The molecule has 1 aromatic heterocycles. The SMILES string of the molecule is Nc1cc2ccccc2[nH]1.O=C(CC(F)(F)F)N1CCN(c2ccc(N3Cc4ccccc4C3)cc2)CC1. The summed E-state index contributed by atoms with van der Waals surface area (Å²) in [4.78, 5) is 20.5. The minimum Gasteiger partial charge on any atom is -0.385 e. The van der Waals surface area contributed by atoms with Gasteiger partial charge in [-0.05, 0) is 47.5 Å². The molecule has 4 aromatic rings. The minimum absolute atomic E-state index is 0.318. The Morgan fingerprint density at radius 3 is 1.92 bits per heavy atom. The molecule has 3 heterocycles. The summed E-state index contributed by atoms with van der Waals surface area (Å²) in [5.74, 6) is -0.114. The number of para-hydroxylation sites is 1. The predicted octanol–water partition coefficient (Wildman–Crippen LogP) is 5.56. The monoisotopic (exact) mass is 521 g/mol. The molecule has 1 saturated heterocycles. The largest absolute Gasteiger partial charge is 0.397 e. The van der Waals surface area contributed by atoms with Crippen molar-refractivity contribution in [2.75, 3.05) is 41.7 Å². The van der Waals surface area contributed by atoms with Gasteiger partial charge in [0.2, 0.25) is 5.91 Å². The summed E-state index contributed by atoms with van der Waals surface area (Å²) in [6.07, 6.45) is -5.82. The molecule has 3 N–H and O–H groups in total. The number of carbonyl (C=O) groups is 1. The number of H-pyrrole nitrogens is 1. The van der Waals surface area contributed by atoms with Gasteiger partial charge in [0.1, 0.15) is 12.2 Å². The molecule has 0 saturated carbocycles. The van der Waals surface area contributed by atoms with Crippen LogP contribution in [-0.4, -0.2) is 48.1 Å². The van der Waals surface area contributed by atoms with Gasteiger partial charge >= 0.3 is 6.18 Å². The summed E-state index contributed by atoms with van der Waals surface area (Å²) in [6.45, 7) is 3.51. The Labute approximate surface area is 219 Å². The highest BCUT2D eigenvalue weighted by Gasteiger charge is 2.34. The van der Waals surface area contributed by atoms with E-state index in [0.29, 0.717) is 26.2 Å². The van der Waals surface area contributed by atoms with Crippen LogP contribution < -0.4 is 15.5 Å². The quantitative estimate of drug-likeness (QED) is 0.371. The Bertz CT molecular complexity index is 1330. The van der Waals surface area contributed by atoms with Gasteiger partial charge in [-0.25, -0.2) is 0 Å². The van der Waals surface area contributed by atoms with Crippen LogP contribution in [-0.2, 0) is 17.9 Å². The number of halogens is 3. The van der Waals surface area contributed by atoms with Crippen molar-refractivity contribution in [1.29, 1.82) is 0 Å². The van der Waals surface area contributed by atoms with Gasteiger partial charge < -0.3 is 25.4 Å². The third kappa shape index (κ3) is 6.04. The van der Waals surface area contributed by atoms with Gasteiger partial charge in [0.15, 0.2) is 0 Å². The molecule has 9 heteroatoms. The van der Waals surface area contributed by atoms with Crippen LogP contribution in [0.3, 0.4) is 0 Å². The van der Waals surface area contributed by atoms with Gasteiger partial charge in [-0.15, -0.1) is 0 Å². The average molecular weight is 522 g/mol. The predicted molar refractivity (Wildman–Crippen MR) is 145 cm³/mol. The van der Waals surface area contributed by atoms with E-state index in [-0.39, 0.29) is 0 Å². The summed E-state index contributed by atoms with van der Waals surface area (Å²) in [6, 6.07) is 26.6. The summed E-state index contributed by atoms with van der Waals surface area (Å²) in [5, 5.41) is 1.17. The number of piperazine rings is 1. The molecule has 3 aromatic carbocycles. The molecule has 0 bridgehead atoms. The first-order valence-electron chi connectivity index (χ1n) is 12.6. The number of alkyl halides is 3. The number of hydrogen-bond acceptors (Lipinski definition) is 4. The van der Waals surface area contributed by atoms with Crippen molar-refractivity contribution in [2.24, 2.45) is 0 Å². The number of amides is 1. The van der Waals surface area contributed by atoms with E-state index < -0.39 is 18.5 Å². The number of carbonyl (C=O) groups excluding carboxylic acids is 1. The molecule has 1 amide bonds. The Kier molecular flexibility index (Phi) is 7.18. The molecular weight excluding hydrogens is 491 g/mol. The first-order valence-corrected chi connectivity index (χ1v) is 12.6. The van der Waals surface area contributed by atoms with Crippen molar-refractivity contribution in [1.82, 2.24) is 9.88 Å². The second-order valence-electron chi connectivity index (χ2n) is 9.61. The maximum absolute atomic E-state index is 12.4. The lowest BCUT2D eigenvalue weighted by molar-refractivity contribution is -0.161. The summed E-state index contributed by atoms with van der Waals surface area (Å²) >= 11 is 0. The van der Waals surface area contributed by atoms with Gasteiger partial charge in [-0.3, -0.25) is 4.79 Å². The van der Waals surface area contributed by atoms with Crippen molar-refractivity contribution in [3.63, 3.8) is 0 Å². The lowest BCUT2D eigenvalue weighted by Gasteiger charge is -2.36. The van der Waals surface area contributed by atoms with E-state index in [0.717, 1.165) is 35.8 Å². The van der Waals surface area contributed by atoms with E-state index in [1.54, 1.807) is 0 Å². The van der Waals surface area contributed by atoms with E-state index in [4.69, 9.17) is 5.73 Å². The van der Waals surface area contributed by atoms with Crippen molar-refractivity contribution in [2.45, 2.75) is 25.7 Å². The molecule has 1 fully saturated rings. The summed E-state index contributed by atoms with van der Waals surface area (Å²) in [5.41, 5.74) is 11.5. The second kappa shape index (κ2) is 10.7. The second-order valence-corrected chi connectivity index (χ2v) is 9.61. The topological polar surface area (TPSA) is 68.6 Å². The standard InChI is InChI=1S/C21H22F3N3O.C8H8N2/c22-21(23,24)13-20(28)26-11-9-25(10-12-26)18-5-7-19(8-6-18)27-14-16-3-1-2-4-17(16)15-27;9-8-5-6-3-1-2-4-7(6)10-8/h1-8H,9-15H2;1-5,10H,9H2. The Morgan fingerprint density at radius 1 is 0.789 bits per heavy atom. The number of aromatic amines is 1. The fourth-order valence-electron chi connectivity index (χ4n) is 4.98. The van der Waals surface area contributed by atoms with Crippen molar-refractivity contribution in [3.8, 4) is 0 Å². The zero-order valence-corrected chi connectivity index (χ0v) is 20.9. The van der Waals surface area contributed by atoms with Crippen LogP contribution in [0.2, 0.25) is 0 Å². The lowest BCUT2D eigenvalue weighted by atomic mass is 10.1. The highest BCUT2D eigenvalue weighted by Crippen LogP contribution is 2.30. The third-order valence-corrected chi connectivity index (χ3v) is 6.96. The van der Waals surface area contributed by atoms with Crippen molar-refractivity contribution >= 4 is 34.0 Å². The van der Waals surface area contributed by atoms with E-state index in [1.807, 2.05) is 42.5 Å². The molecule has 0 atom stereocenters. The van der Waals surface area contributed by atoms with Gasteiger partial charge in [-0.2, -0.15) is 13.2 Å². The maximum atomic E-state index is 12.4. The van der Waals surface area contributed by atoms with Gasteiger partial charge in [0.25, 0.3) is 0 Å². The average Bonchev–Trinajstić information content (AvgIpc) is 3.51. The minimum atomic E-state index is -4.45. The van der Waals surface area contributed by atoms with Crippen LogP contribution in [0.4, 0.5) is 30.4 Å². The number of rotatable bonds is 3. The normalized spacial score (nSPS) is 15.3. The van der Waals surface area contributed by atoms with Gasteiger partial charge in [0, 0.05) is 61.5 Å². The number of nitrogen functional groups attached to an aromatic ring is 1. The number of benzene rings is 3. The molecule has 0 radical (unpaired) electrons. The lowest BCUT2D eigenvalue weighted by Crippen LogP contribution is -2.49. The Morgan fingerprint density at radius 2 is 1.34 bits per heavy atom. The number of aromatic nitrogens is 1. The van der Waals surface area contributed by atoms with Crippen molar-refractivity contribution in [3.05, 3.63) is 90.0 Å². The van der Waals surface area contributed by atoms with E-state index >= 15 is 0 Å². The fraction of sp³-hybridized carbons (Fsp3) is 0.276. The highest BCUT2D eigenvalue weighted by molar-refractivity contribution is 5.83. The molecule has 0 unspecified atom stereocenters. The molecule has 198 valence electrons. The zero-order chi connectivity index (χ0) is 26.7. The fourth-order valence-corrected chi connectivity index (χ4v) is 4.98. The highest BCUT2D eigenvalue weighted by atomic mass is 19.4. The van der Waals surface area contributed by atoms with Crippen LogP contribution in [0.25, 0.3) is 10.9 Å². The number of fused-ring (bicyclic) bond motifs is 2. The maximum Gasteiger partial charge on any atom is 0.397 e. The first-order chi connectivity index (χ1) is 18.2. The number of anilines is 3. The van der Waals surface area contributed by atoms with Gasteiger partial charge in [-0.1, -0.05) is 42.5 Å². The Balaban J connectivity index is 0.000000244. The molecule has 6 nitrogen and oxygen atoms in total. The van der Waals surface area contributed by atoms with Crippen LogP contribution >= 0.6 is 0 Å². The van der Waals surface area contributed by atoms with E-state index in [2.05, 4.69) is 51.2 Å². The molecule has 2 aliphatic rings. The van der Waals surface area contributed by atoms with Crippen LogP contribution in [0.1, 0.15) is 17.5 Å². The Hall–Kier alpha value is -4.14. The molecular formula is C29H30F3N5O. The number of nitrogens with two attached hydrogens (primary N) is 1. The zero-order valence-electron chi connectivity index (χ0n) is 20.9. The summed E-state index contributed by atoms with van der Waals surface area (Å²) < 4.78 is 37.2. The van der Waals surface area contributed by atoms with E-state index in [9.17, 15) is 18.0 Å². The van der Waals surface area contributed by atoms with Crippen molar-refractivity contribution < 1.29 is 18.0 Å².